The van der Waals surface area contributed by atoms with E-state index in [0.717, 1.165) is 175 Å². The molecule has 2 aliphatic heterocycles. The number of piperidine rings is 1. The average Bonchev–Trinajstić information content (AvgIpc) is 1.65. The maximum absolute atomic E-state index is 13.3. The van der Waals surface area contributed by atoms with Crippen LogP contribution in [0.5, 0.6) is 0 Å². The molecule has 0 bridgehead atoms. The second-order valence-corrected chi connectivity index (χ2v) is 35.2. The van der Waals surface area contributed by atoms with Crippen LogP contribution < -0.4 is 37.2 Å². The highest BCUT2D eigenvalue weighted by Crippen LogP contribution is 2.40. The highest BCUT2D eigenvalue weighted by Gasteiger charge is 2.34. The number of hydrogen-bond acceptors (Lipinski definition) is 25. The van der Waals surface area contributed by atoms with Gasteiger partial charge >= 0.3 is 0 Å². The quantitative estimate of drug-likeness (QED) is 0.0224. The molecular formula is C95H111N23O3. The minimum atomic E-state index is 0.173. The topological polar surface area (TPSA) is 325 Å². The van der Waals surface area contributed by atoms with Crippen molar-refractivity contribution in [3.8, 4) is 11.9 Å². The molecule has 624 valence electrons. The van der Waals surface area contributed by atoms with E-state index in [-0.39, 0.29) is 17.3 Å². The van der Waals surface area contributed by atoms with Crippen molar-refractivity contribution in [1.82, 2.24) is 74.4 Å². The fraction of sp³-hybridized carbons (Fsp3) is 0.432. The summed E-state index contributed by atoms with van der Waals surface area (Å²) in [6.45, 7) is 22.1. The smallest absolute Gasteiger partial charge is 0.166 e. The number of nitrogens with zero attached hydrogens (tertiary/aromatic N) is 16. The number of fused-ring (bicyclic) bond motifs is 4. The van der Waals surface area contributed by atoms with E-state index in [9.17, 15) is 14.4 Å². The zero-order valence-electron chi connectivity index (χ0n) is 70.7. The number of Topliss-reactive ketones (excluding diaryl/α,β-unsaturated/α-hetero) is 3. The molecule has 0 unspecified atom stereocenters. The van der Waals surface area contributed by atoms with Gasteiger partial charge in [0.1, 0.15) is 41.0 Å². The minimum absolute atomic E-state index is 0.173. The van der Waals surface area contributed by atoms with E-state index >= 15 is 0 Å². The fourth-order valence-corrected chi connectivity index (χ4v) is 16.2. The van der Waals surface area contributed by atoms with Gasteiger partial charge in [-0.1, -0.05) is 27.7 Å². The summed E-state index contributed by atoms with van der Waals surface area (Å²) in [5.74, 6) is 8.87. The Morgan fingerprint density at radius 2 is 0.835 bits per heavy atom. The SMILES string of the molecule is CC(C)C1CCC(CC(=O)c2cnc(-n3ncc4cc(C#N)cnc43)cc2NC2CC2)CC1.CC(C)N1CC(CC(=O)c2cnc(Nc3ccc4cnccc4n3)cc2NC2CC2)C1.CC(C)N1CCC(CC(=O)c2cnc(Nc3ccc4cnccc4n3)cc2NC2CC2)CC1.CC(C)c1cnc(Nc2ccc3cnccc3n2)cc1NC1CC1. The van der Waals surface area contributed by atoms with E-state index in [0.29, 0.717) is 130 Å². The van der Waals surface area contributed by atoms with Gasteiger partial charge in [0.2, 0.25) is 0 Å². The molecule has 0 atom stereocenters. The van der Waals surface area contributed by atoms with Crippen molar-refractivity contribution in [2.45, 2.75) is 207 Å². The van der Waals surface area contributed by atoms with Crippen LogP contribution in [0.3, 0.4) is 0 Å². The Kier molecular flexibility index (Phi) is 25.7. The van der Waals surface area contributed by atoms with Crippen LogP contribution in [-0.2, 0) is 0 Å². The first-order valence-corrected chi connectivity index (χ1v) is 43.6. The van der Waals surface area contributed by atoms with Gasteiger partial charge in [0.25, 0.3) is 0 Å². The minimum Gasteiger partial charge on any atom is -0.382 e. The van der Waals surface area contributed by atoms with Crippen molar-refractivity contribution in [3.63, 3.8) is 0 Å². The summed E-state index contributed by atoms with van der Waals surface area (Å²) in [7, 11) is 0. The highest BCUT2D eigenvalue weighted by molar-refractivity contribution is 6.03. The number of nitriles is 1. The van der Waals surface area contributed by atoms with Gasteiger partial charge in [-0.15, -0.1) is 0 Å². The third-order valence-electron chi connectivity index (χ3n) is 24.2. The zero-order chi connectivity index (χ0) is 83.6. The lowest BCUT2D eigenvalue weighted by Crippen LogP contribution is -2.50. The second-order valence-electron chi connectivity index (χ2n) is 35.2. The van der Waals surface area contributed by atoms with Crippen LogP contribution in [0.2, 0.25) is 0 Å². The molecule has 26 heteroatoms. The lowest BCUT2D eigenvalue weighted by atomic mass is 9.75. The van der Waals surface area contributed by atoms with E-state index in [2.05, 4.69) is 174 Å². The summed E-state index contributed by atoms with van der Waals surface area (Å²) in [6.07, 6.45) is 39.0. The normalized spacial score (nSPS) is 17.5. The van der Waals surface area contributed by atoms with E-state index in [1.54, 1.807) is 66.5 Å². The van der Waals surface area contributed by atoms with Gasteiger partial charge in [-0.2, -0.15) is 15.0 Å². The monoisotopic (exact) mass is 1620 g/mol. The van der Waals surface area contributed by atoms with Gasteiger partial charge in [-0.3, -0.25) is 29.3 Å². The van der Waals surface area contributed by atoms with E-state index in [4.69, 9.17) is 5.26 Å². The molecular weight excluding hydrogens is 1510 g/mol. The molecule has 7 aliphatic rings. The molecule has 5 saturated carbocycles. The summed E-state index contributed by atoms with van der Waals surface area (Å²) in [5, 5.41) is 41.4. The number of aromatic nitrogens is 13. The highest BCUT2D eigenvalue weighted by atomic mass is 16.1. The second kappa shape index (κ2) is 37.7. The standard InChI is InChI=1S/C26H32N6O.C26H30N6O.C24H28N6O.C19H21N5/c1-17(2)32-11-8-18(9-12-32)13-24(33)21-16-28-26(14-23(21)29-20-4-5-20)31-25-6-3-19-15-27-10-7-22(19)30-25;1-16(2)19-5-3-17(4-6-19)10-24(33)22-15-28-25(11-23(22)31-21-7-8-21)32-26-20(14-30-32)9-18(12-27)13-29-26;1-15(2)30-13-16(14-30)9-22(31)19-12-26-24(10-21(19)27-18-4-5-18)29-23-6-3-17-11-25-8-7-20(17)28-23;1-12(2)15-11-21-19(9-17(15)22-14-4-5-14)24-18-6-3-13-10-20-8-7-16(13)23-18/h3,6-7,10,14-18,20H,4-5,8-9,11-13H2,1-2H3,(H2,28,29,30,31);9,11,13-17,19,21H,3-8,10H2,1-2H3,(H,28,31);3,6-8,10-12,15-16,18H,4-5,9,13-14H2,1-2H3,(H2,26,27,28,29);3,6-12,14H,4-5H2,1-2H3,(H2,21,22,23,24). The summed E-state index contributed by atoms with van der Waals surface area (Å²) in [6, 6.07) is 32.3. The predicted octanol–water partition coefficient (Wildman–Crippen LogP) is 19.1. The summed E-state index contributed by atoms with van der Waals surface area (Å²) >= 11 is 0. The lowest BCUT2D eigenvalue weighted by molar-refractivity contribution is 0.0562. The summed E-state index contributed by atoms with van der Waals surface area (Å²) in [5.41, 5.74) is 10.9. The van der Waals surface area contributed by atoms with Crippen LogP contribution in [0, 0.1) is 40.9 Å². The Morgan fingerprint density at radius 1 is 0.413 bits per heavy atom. The van der Waals surface area contributed by atoms with Crippen molar-refractivity contribution >= 4 is 119 Å². The Morgan fingerprint density at radius 3 is 1.27 bits per heavy atom. The van der Waals surface area contributed by atoms with Crippen LogP contribution in [0.25, 0.3) is 49.6 Å². The van der Waals surface area contributed by atoms with Crippen molar-refractivity contribution in [2.24, 2.45) is 29.6 Å². The van der Waals surface area contributed by atoms with Crippen molar-refractivity contribution < 1.29 is 14.4 Å². The number of pyridine rings is 11. The molecule has 26 nitrogen and oxygen atoms in total. The number of anilines is 10. The van der Waals surface area contributed by atoms with Crippen molar-refractivity contribution in [2.75, 3.05) is 63.4 Å². The first-order chi connectivity index (χ1) is 58.8. The maximum Gasteiger partial charge on any atom is 0.166 e. The first kappa shape index (κ1) is 82.6. The molecule has 12 aromatic heterocycles. The third-order valence-corrected chi connectivity index (χ3v) is 24.2. The predicted molar refractivity (Wildman–Crippen MR) is 480 cm³/mol. The number of carbonyl (C=O) groups excluding carboxylic acids is 3. The Balaban J connectivity index is 0.000000121. The molecule has 0 amide bonds. The first-order valence-electron chi connectivity index (χ1n) is 43.6. The van der Waals surface area contributed by atoms with Crippen LogP contribution in [0.15, 0.2) is 159 Å². The molecule has 19 rings (SSSR count). The van der Waals surface area contributed by atoms with Crippen molar-refractivity contribution in [1.29, 1.82) is 5.26 Å². The van der Waals surface area contributed by atoms with Crippen LogP contribution >= 0.6 is 0 Å². The Bertz CT molecular complexity index is 5710. The number of hydrogen-bond donors (Lipinski definition) is 7. The van der Waals surface area contributed by atoms with E-state index in [1.807, 2.05) is 85.2 Å². The van der Waals surface area contributed by atoms with Crippen LogP contribution in [-0.4, -0.2) is 154 Å². The fourth-order valence-electron chi connectivity index (χ4n) is 16.2. The van der Waals surface area contributed by atoms with Crippen LogP contribution in [0.1, 0.15) is 213 Å². The van der Waals surface area contributed by atoms with Gasteiger partial charge in [0, 0.05) is 188 Å². The average molecular weight is 1620 g/mol. The molecule has 121 heavy (non-hydrogen) atoms. The molecule has 7 N–H and O–H groups in total. The van der Waals surface area contributed by atoms with E-state index in [1.165, 1.54) is 43.1 Å². The van der Waals surface area contributed by atoms with E-state index < -0.39 is 0 Å². The summed E-state index contributed by atoms with van der Waals surface area (Å²) in [4.78, 5) is 93.3. The molecule has 0 radical (unpaired) electrons. The number of rotatable bonds is 28. The van der Waals surface area contributed by atoms with Crippen molar-refractivity contribution in [3.05, 3.63) is 187 Å². The molecule has 7 fully saturated rings. The van der Waals surface area contributed by atoms with Gasteiger partial charge in [-0.05, 0) is 232 Å². The summed E-state index contributed by atoms with van der Waals surface area (Å²) < 4.78 is 1.66. The Hall–Kier alpha value is -12.1. The van der Waals surface area contributed by atoms with Gasteiger partial charge in [-0.25, -0.2) is 39.9 Å². The van der Waals surface area contributed by atoms with Crippen LogP contribution in [0.4, 0.5) is 57.7 Å². The number of nitrogens with one attached hydrogen (secondary N) is 7. The maximum atomic E-state index is 13.3. The molecule has 12 aromatic rings. The zero-order valence-corrected chi connectivity index (χ0v) is 70.7. The third kappa shape index (κ3) is 21.8. The molecule has 2 saturated heterocycles. The van der Waals surface area contributed by atoms with Gasteiger partial charge in [0.15, 0.2) is 28.8 Å². The lowest BCUT2D eigenvalue weighted by Gasteiger charge is -2.42. The molecule has 14 heterocycles. The number of carbonyl (C=O) groups is 3. The molecule has 5 aliphatic carbocycles. The largest absolute Gasteiger partial charge is 0.382 e. The molecule has 0 aromatic carbocycles. The van der Waals surface area contributed by atoms with Gasteiger partial charge in [0.05, 0.1) is 62.1 Å². The van der Waals surface area contributed by atoms with Gasteiger partial charge < -0.3 is 47.0 Å². The Labute approximate surface area is 707 Å². The molecule has 0 spiro atoms. The number of ketones is 3. The number of likely N-dealkylation sites (tertiary alicyclic amines) is 2.